The van der Waals surface area contributed by atoms with Gasteiger partial charge < -0.3 is 0 Å². The van der Waals surface area contributed by atoms with Gasteiger partial charge >= 0.3 is 0 Å². The van der Waals surface area contributed by atoms with Crippen molar-refractivity contribution in [3.8, 4) is 0 Å². The highest BCUT2D eigenvalue weighted by atomic mass is 35.5. The summed E-state index contributed by atoms with van der Waals surface area (Å²) < 4.78 is 41.7. The van der Waals surface area contributed by atoms with Crippen LogP contribution in [-0.2, 0) is 22.5 Å². The number of aromatic nitrogens is 2. The van der Waals surface area contributed by atoms with Crippen molar-refractivity contribution in [3.63, 3.8) is 0 Å². The average Bonchev–Trinajstić information content (AvgIpc) is 2.69. The lowest BCUT2D eigenvalue weighted by atomic mass is 9.92. The predicted molar refractivity (Wildman–Crippen MR) is 84.1 cm³/mol. The first-order valence-corrected chi connectivity index (χ1v) is 8.39. The predicted octanol–water partition coefficient (Wildman–Crippen LogP) is 3.31. The van der Waals surface area contributed by atoms with Crippen LogP contribution >= 0.6 is 11.6 Å². The molecule has 5 nitrogen and oxygen atoms in total. The van der Waals surface area contributed by atoms with Crippen LogP contribution < -0.4 is 4.72 Å². The molecule has 22 heavy (non-hydrogen) atoms. The summed E-state index contributed by atoms with van der Waals surface area (Å²) in [5.41, 5.74) is 0.535. The number of hydrogen-bond acceptors (Lipinski definition) is 3. The van der Waals surface area contributed by atoms with Crippen LogP contribution in [0, 0.1) is 5.82 Å². The second-order valence-electron chi connectivity index (χ2n) is 5.97. The van der Waals surface area contributed by atoms with Crippen LogP contribution in [0.5, 0.6) is 0 Å². The number of nitrogens with zero attached hydrogens (tertiary/aromatic N) is 2. The Kier molecular flexibility index (Phi) is 4.23. The number of hydrogen-bond donors (Lipinski definition) is 1. The van der Waals surface area contributed by atoms with Crippen molar-refractivity contribution in [1.29, 1.82) is 0 Å². The van der Waals surface area contributed by atoms with Crippen LogP contribution in [0.2, 0.25) is 5.02 Å². The quantitative estimate of drug-likeness (QED) is 0.928. The highest BCUT2D eigenvalue weighted by Gasteiger charge is 2.23. The van der Waals surface area contributed by atoms with Gasteiger partial charge in [0.15, 0.2) is 0 Å². The fourth-order valence-electron chi connectivity index (χ4n) is 1.82. The summed E-state index contributed by atoms with van der Waals surface area (Å²) in [6.45, 7) is 5.93. The zero-order valence-electron chi connectivity index (χ0n) is 12.7. The molecule has 0 fully saturated rings. The van der Waals surface area contributed by atoms with Gasteiger partial charge in [0.1, 0.15) is 16.5 Å². The van der Waals surface area contributed by atoms with Gasteiger partial charge in [-0.2, -0.15) is 5.10 Å². The van der Waals surface area contributed by atoms with Crippen LogP contribution in [0.3, 0.4) is 0 Å². The van der Waals surface area contributed by atoms with Gasteiger partial charge in [-0.3, -0.25) is 9.40 Å². The third-order valence-corrected chi connectivity index (χ3v) is 4.91. The molecule has 2 rings (SSSR count). The smallest absolute Gasteiger partial charge is 0.264 e. The molecular weight excluding hydrogens is 329 g/mol. The maximum atomic E-state index is 13.0. The highest BCUT2D eigenvalue weighted by Crippen LogP contribution is 2.27. The zero-order chi connectivity index (χ0) is 16.7. The Balaban J connectivity index is 2.39. The number of halogens is 2. The van der Waals surface area contributed by atoms with E-state index in [1.165, 1.54) is 4.68 Å². The molecule has 0 aliphatic heterocycles. The molecule has 1 aromatic heterocycles. The normalized spacial score (nSPS) is 12.5. The molecular formula is C14H17ClFN3O2S. The van der Waals surface area contributed by atoms with E-state index in [9.17, 15) is 12.8 Å². The fraction of sp³-hybridized carbons (Fsp3) is 0.357. The second kappa shape index (κ2) is 5.55. The molecule has 0 aliphatic carbocycles. The minimum atomic E-state index is -3.92. The topological polar surface area (TPSA) is 64.0 Å². The molecule has 1 heterocycles. The molecule has 0 aliphatic rings. The van der Waals surface area contributed by atoms with Crippen LogP contribution in [0.4, 0.5) is 10.2 Å². The Morgan fingerprint density at radius 1 is 1.27 bits per heavy atom. The molecule has 120 valence electrons. The summed E-state index contributed by atoms with van der Waals surface area (Å²) in [6, 6.07) is 4.79. The van der Waals surface area contributed by atoms with E-state index in [4.69, 9.17) is 11.6 Å². The summed E-state index contributed by atoms with van der Waals surface area (Å²) in [6.07, 6.45) is 0. The molecule has 0 saturated heterocycles. The molecule has 0 unspecified atom stereocenters. The van der Waals surface area contributed by atoms with Gasteiger partial charge in [-0.15, -0.1) is 0 Å². The molecule has 0 atom stereocenters. The van der Waals surface area contributed by atoms with Gasteiger partial charge in [-0.05, 0) is 18.2 Å². The molecule has 0 bridgehead atoms. The maximum absolute atomic E-state index is 13.0. The summed E-state index contributed by atoms with van der Waals surface area (Å²) >= 11 is 5.82. The van der Waals surface area contributed by atoms with E-state index in [0.717, 1.165) is 23.9 Å². The largest absolute Gasteiger partial charge is 0.264 e. The Labute approximate surface area is 134 Å². The SMILES string of the molecule is Cn1nc(C(C)(C)C)cc1NS(=O)(=O)c1ccc(F)cc1Cl. The van der Waals surface area contributed by atoms with Crippen molar-refractivity contribution in [1.82, 2.24) is 9.78 Å². The molecule has 2 aromatic rings. The van der Waals surface area contributed by atoms with Gasteiger partial charge in [0.25, 0.3) is 10.0 Å². The van der Waals surface area contributed by atoms with Gasteiger partial charge in [-0.25, -0.2) is 12.8 Å². The number of aryl methyl sites for hydroxylation is 1. The first kappa shape index (κ1) is 16.8. The van der Waals surface area contributed by atoms with E-state index >= 15 is 0 Å². The van der Waals surface area contributed by atoms with E-state index in [1.54, 1.807) is 13.1 Å². The standard InChI is InChI=1S/C14H17ClFN3O2S/c1-14(2,3)12-8-13(19(4)17-12)18-22(20,21)11-6-5-9(16)7-10(11)15/h5-8,18H,1-4H3. The van der Waals surface area contributed by atoms with Crippen LogP contribution in [0.25, 0.3) is 0 Å². The number of nitrogens with one attached hydrogen (secondary N) is 1. The van der Waals surface area contributed by atoms with Crippen molar-refractivity contribution in [2.24, 2.45) is 7.05 Å². The summed E-state index contributed by atoms with van der Waals surface area (Å²) in [4.78, 5) is -0.186. The van der Waals surface area contributed by atoms with Crippen molar-refractivity contribution >= 4 is 27.4 Å². The van der Waals surface area contributed by atoms with E-state index in [2.05, 4.69) is 9.82 Å². The lowest BCUT2D eigenvalue weighted by Gasteiger charge is -2.13. The van der Waals surface area contributed by atoms with Crippen molar-refractivity contribution < 1.29 is 12.8 Å². The Morgan fingerprint density at radius 3 is 2.41 bits per heavy atom. The minimum absolute atomic E-state index is 0.175. The number of sulfonamides is 1. The monoisotopic (exact) mass is 345 g/mol. The molecule has 0 spiro atoms. The molecule has 8 heteroatoms. The summed E-state index contributed by atoms with van der Waals surface area (Å²) in [5.74, 6) is -0.287. The molecule has 0 radical (unpaired) electrons. The van der Waals surface area contributed by atoms with Crippen molar-refractivity contribution in [2.75, 3.05) is 4.72 Å². The van der Waals surface area contributed by atoms with E-state index in [-0.39, 0.29) is 15.3 Å². The van der Waals surface area contributed by atoms with Crippen LogP contribution in [0.15, 0.2) is 29.2 Å². The zero-order valence-corrected chi connectivity index (χ0v) is 14.3. The number of rotatable bonds is 3. The van der Waals surface area contributed by atoms with Gasteiger partial charge in [0.05, 0.1) is 10.7 Å². The fourth-order valence-corrected chi connectivity index (χ4v) is 3.43. The lowest BCUT2D eigenvalue weighted by molar-refractivity contribution is 0.553. The van der Waals surface area contributed by atoms with E-state index in [0.29, 0.717) is 5.82 Å². The lowest BCUT2D eigenvalue weighted by Crippen LogP contribution is -2.15. The van der Waals surface area contributed by atoms with Crippen molar-refractivity contribution in [3.05, 3.63) is 40.8 Å². The molecule has 0 saturated carbocycles. The van der Waals surface area contributed by atoms with Gasteiger partial charge in [0.2, 0.25) is 0 Å². The first-order chi connectivity index (χ1) is 10.0. The minimum Gasteiger partial charge on any atom is -0.264 e. The Hall–Kier alpha value is -1.60. The van der Waals surface area contributed by atoms with E-state index in [1.807, 2.05) is 20.8 Å². The third kappa shape index (κ3) is 3.41. The number of benzene rings is 1. The Morgan fingerprint density at radius 2 is 1.91 bits per heavy atom. The molecule has 1 N–H and O–H groups in total. The summed E-state index contributed by atoms with van der Waals surface area (Å²) in [7, 11) is -2.29. The summed E-state index contributed by atoms with van der Waals surface area (Å²) in [5, 5.41) is 4.12. The third-order valence-electron chi connectivity index (χ3n) is 3.07. The average molecular weight is 346 g/mol. The molecule has 1 aromatic carbocycles. The van der Waals surface area contributed by atoms with Crippen LogP contribution in [-0.4, -0.2) is 18.2 Å². The Bertz CT molecular complexity index is 810. The number of anilines is 1. The van der Waals surface area contributed by atoms with Gasteiger partial charge in [0, 0.05) is 18.5 Å². The second-order valence-corrected chi connectivity index (χ2v) is 8.03. The first-order valence-electron chi connectivity index (χ1n) is 6.53. The highest BCUT2D eigenvalue weighted by molar-refractivity contribution is 7.92. The van der Waals surface area contributed by atoms with E-state index < -0.39 is 15.8 Å². The van der Waals surface area contributed by atoms with Crippen LogP contribution in [0.1, 0.15) is 26.5 Å². The van der Waals surface area contributed by atoms with Gasteiger partial charge in [-0.1, -0.05) is 32.4 Å². The molecule has 0 amide bonds. The maximum Gasteiger partial charge on any atom is 0.264 e. The van der Waals surface area contributed by atoms with Crippen molar-refractivity contribution in [2.45, 2.75) is 31.1 Å².